The van der Waals surface area contributed by atoms with Gasteiger partial charge >= 0.3 is 0 Å². The highest BCUT2D eigenvalue weighted by atomic mass is 35.5. The van der Waals surface area contributed by atoms with Crippen molar-refractivity contribution < 1.29 is 9.18 Å². The lowest BCUT2D eigenvalue weighted by Gasteiger charge is -2.20. The molecule has 1 N–H and O–H groups in total. The largest absolute Gasteiger partial charge is 0.311 e. The lowest BCUT2D eigenvalue weighted by atomic mass is 10.2. The SMILES string of the molecule is O=C1CNCCCN1c1ccc(F)c(Cl)c1. The first-order chi connectivity index (χ1) is 7.68. The van der Waals surface area contributed by atoms with Crippen LogP contribution in [0.3, 0.4) is 0 Å². The number of hydrogen-bond acceptors (Lipinski definition) is 2. The summed E-state index contributed by atoms with van der Waals surface area (Å²) in [6.45, 7) is 1.76. The normalized spacial score (nSPS) is 17.4. The number of nitrogens with zero attached hydrogens (tertiary/aromatic N) is 1. The van der Waals surface area contributed by atoms with Gasteiger partial charge in [-0.3, -0.25) is 4.79 Å². The van der Waals surface area contributed by atoms with Gasteiger partial charge in [-0.1, -0.05) is 11.6 Å². The molecule has 0 saturated carbocycles. The standard InChI is InChI=1S/C11H12ClFN2O/c12-9-6-8(2-3-10(9)13)15-5-1-4-14-7-11(15)16/h2-3,6,14H,1,4-5,7H2. The average molecular weight is 243 g/mol. The first kappa shape index (κ1) is 11.4. The highest BCUT2D eigenvalue weighted by molar-refractivity contribution is 6.31. The zero-order valence-corrected chi connectivity index (χ0v) is 9.43. The number of halogens is 2. The minimum absolute atomic E-state index is 0.0137. The fourth-order valence-corrected chi connectivity index (χ4v) is 1.88. The van der Waals surface area contributed by atoms with Gasteiger partial charge in [-0.25, -0.2) is 4.39 Å². The fourth-order valence-electron chi connectivity index (χ4n) is 1.70. The van der Waals surface area contributed by atoms with E-state index < -0.39 is 5.82 Å². The van der Waals surface area contributed by atoms with Gasteiger partial charge in [0.1, 0.15) is 5.82 Å². The highest BCUT2D eigenvalue weighted by Crippen LogP contribution is 2.23. The van der Waals surface area contributed by atoms with Crippen molar-refractivity contribution in [3.8, 4) is 0 Å². The summed E-state index contributed by atoms with van der Waals surface area (Å²) in [5.74, 6) is -0.481. The van der Waals surface area contributed by atoms with E-state index in [4.69, 9.17) is 11.6 Å². The average Bonchev–Trinajstić information content (AvgIpc) is 2.47. The molecular weight excluding hydrogens is 231 g/mol. The number of amides is 1. The number of carbonyl (C=O) groups excluding carboxylic acids is 1. The van der Waals surface area contributed by atoms with Crippen LogP contribution in [0.15, 0.2) is 18.2 Å². The topological polar surface area (TPSA) is 32.3 Å². The molecular formula is C11H12ClFN2O. The summed E-state index contributed by atoms with van der Waals surface area (Å²) in [6.07, 6.45) is 0.876. The molecule has 0 atom stereocenters. The number of rotatable bonds is 1. The molecule has 1 saturated heterocycles. The molecule has 2 rings (SSSR count). The fraction of sp³-hybridized carbons (Fsp3) is 0.364. The Bertz CT molecular complexity index is 411. The van der Waals surface area contributed by atoms with E-state index in [2.05, 4.69) is 5.32 Å². The first-order valence-corrected chi connectivity index (χ1v) is 5.52. The van der Waals surface area contributed by atoms with E-state index in [1.807, 2.05) is 0 Å². The molecule has 1 aliphatic rings. The molecule has 16 heavy (non-hydrogen) atoms. The number of anilines is 1. The first-order valence-electron chi connectivity index (χ1n) is 5.14. The smallest absolute Gasteiger partial charge is 0.240 e. The second kappa shape index (κ2) is 4.80. The minimum atomic E-state index is -0.467. The van der Waals surface area contributed by atoms with Gasteiger partial charge in [0.25, 0.3) is 0 Å². The van der Waals surface area contributed by atoms with Crippen LogP contribution in [0.25, 0.3) is 0 Å². The van der Waals surface area contributed by atoms with E-state index in [1.54, 1.807) is 11.0 Å². The van der Waals surface area contributed by atoms with Gasteiger partial charge in [0.15, 0.2) is 0 Å². The third-order valence-corrected chi connectivity index (χ3v) is 2.82. The van der Waals surface area contributed by atoms with Crippen LogP contribution in [0.4, 0.5) is 10.1 Å². The van der Waals surface area contributed by atoms with Gasteiger partial charge in [-0.15, -0.1) is 0 Å². The Morgan fingerprint density at radius 2 is 2.25 bits per heavy atom. The highest BCUT2D eigenvalue weighted by Gasteiger charge is 2.18. The summed E-state index contributed by atoms with van der Waals surface area (Å²) < 4.78 is 13.0. The van der Waals surface area contributed by atoms with Crippen LogP contribution in [-0.4, -0.2) is 25.5 Å². The summed E-state index contributed by atoms with van der Waals surface area (Å²) in [4.78, 5) is 13.4. The molecule has 0 aromatic heterocycles. The van der Waals surface area contributed by atoms with Crippen molar-refractivity contribution in [2.45, 2.75) is 6.42 Å². The number of nitrogens with one attached hydrogen (secondary N) is 1. The van der Waals surface area contributed by atoms with Crippen LogP contribution >= 0.6 is 11.6 Å². The summed E-state index contributed by atoms with van der Waals surface area (Å²) in [5, 5.41) is 3.07. The van der Waals surface area contributed by atoms with Crippen molar-refractivity contribution in [2.75, 3.05) is 24.5 Å². The maximum Gasteiger partial charge on any atom is 0.240 e. The maximum atomic E-state index is 13.0. The third kappa shape index (κ3) is 2.33. The number of benzene rings is 1. The molecule has 0 unspecified atom stereocenters. The Morgan fingerprint density at radius 1 is 1.44 bits per heavy atom. The number of hydrogen-bond donors (Lipinski definition) is 1. The molecule has 0 aliphatic carbocycles. The molecule has 0 bridgehead atoms. The molecule has 1 aliphatic heterocycles. The van der Waals surface area contributed by atoms with E-state index in [9.17, 15) is 9.18 Å². The van der Waals surface area contributed by atoms with Crippen LogP contribution in [0.1, 0.15) is 6.42 Å². The predicted molar refractivity (Wildman–Crippen MR) is 61.2 cm³/mol. The lowest BCUT2D eigenvalue weighted by Crippen LogP contribution is -2.34. The van der Waals surface area contributed by atoms with Crippen molar-refractivity contribution in [3.63, 3.8) is 0 Å². The van der Waals surface area contributed by atoms with Crippen molar-refractivity contribution in [3.05, 3.63) is 29.0 Å². The molecule has 1 amide bonds. The quantitative estimate of drug-likeness (QED) is 0.815. The summed E-state index contributed by atoms with van der Waals surface area (Å²) in [7, 11) is 0. The van der Waals surface area contributed by atoms with Gasteiger partial charge in [-0.05, 0) is 31.2 Å². The van der Waals surface area contributed by atoms with Crippen LogP contribution < -0.4 is 10.2 Å². The maximum absolute atomic E-state index is 13.0. The summed E-state index contributed by atoms with van der Waals surface area (Å²) >= 11 is 5.69. The predicted octanol–water partition coefficient (Wildman–Crippen LogP) is 1.81. The van der Waals surface area contributed by atoms with Crippen LogP contribution in [0.2, 0.25) is 5.02 Å². The Hall–Kier alpha value is -1.13. The molecule has 1 aromatic carbocycles. The molecule has 0 spiro atoms. The zero-order chi connectivity index (χ0) is 11.5. The third-order valence-electron chi connectivity index (χ3n) is 2.53. The second-order valence-electron chi connectivity index (χ2n) is 3.67. The van der Waals surface area contributed by atoms with Crippen LogP contribution in [-0.2, 0) is 4.79 Å². The Morgan fingerprint density at radius 3 is 3.00 bits per heavy atom. The van der Waals surface area contributed by atoms with Gasteiger partial charge in [-0.2, -0.15) is 0 Å². The molecule has 1 fully saturated rings. The Labute approximate surface area is 98.2 Å². The second-order valence-corrected chi connectivity index (χ2v) is 4.08. The lowest BCUT2D eigenvalue weighted by molar-refractivity contribution is -0.117. The Kier molecular flexibility index (Phi) is 3.41. The van der Waals surface area contributed by atoms with E-state index in [0.29, 0.717) is 18.8 Å². The Balaban J connectivity index is 2.27. The van der Waals surface area contributed by atoms with E-state index >= 15 is 0 Å². The molecule has 1 heterocycles. The van der Waals surface area contributed by atoms with Crippen molar-refractivity contribution in [1.82, 2.24) is 5.32 Å². The minimum Gasteiger partial charge on any atom is -0.311 e. The summed E-state index contributed by atoms with van der Waals surface area (Å²) in [5.41, 5.74) is 0.653. The molecule has 5 heteroatoms. The monoisotopic (exact) mass is 242 g/mol. The van der Waals surface area contributed by atoms with Crippen molar-refractivity contribution in [2.24, 2.45) is 0 Å². The van der Waals surface area contributed by atoms with E-state index in [1.165, 1.54) is 12.1 Å². The summed E-state index contributed by atoms with van der Waals surface area (Å²) in [6, 6.07) is 4.34. The zero-order valence-electron chi connectivity index (χ0n) is 8.67. The van der Waals surface area contributed by atoms with Crippen molar-refractivity contribution >= 4 is 23.2 Å². The van der Waals surface area contributed by atoms with Crippen molar-refractivity contribution in [1.29, 1.82) is 0 Å². The van der Waals surface area contributed by atoms with Crippen LogP contribution in [0, 0.1) is 5.82 Å². The van der Waals surface area contributed by atoms with Gasteiger partial charge in [0.2, 0.25) is 5.91 Å². The van der Waals surface area contributed by atoms with Gasteiger partial charge < -0.3 is 10.2 Å². The molecule has 3 nitrogen and oxygen atoms in total. The van der Waals surface area contributed by atoms with E-state index in [-0.39, 0.29) is 10.9 Å². The van der Waals surface area contributed by atoms with E-state index in [0.717, 1.165) is 13.0 Å². The number of carbonyl (C=O) groups is 1. The van der Waals surface area contributed by atoms with Crippen LogP contribution in [0.5, 0.6) is 0 Å². The molecule has 86 valence electrons. The van der Waals surface area contributed by atoms with Gasteiger partial charge in [0, 0.05) is 12.2 Å². The van der Waals surface area contributed by atoms with Gasteiger partial charge in [0.05, 0.1) is 11.6 Å². The molecule has 1 aromatic rings. The molecule has 0 radical (unpaired) electrons.